The number of aromatic nitrogens is 2. The Balaban J connectivity index is 1.41. The number of carbonyl (C=O) groups excluding carboxylic acids is 1. The van der Waals surface area contributed by atoms with Gasteiger partial charge in [-0.1, -0.05) is 42.8 Å². The zero-order valence-corrected chi connectivity index (χ0v) is 16.4. The second-order valence-corrected chi connectivity index (χ2v) is 7.39. The van der Waals surface area contributed by atoms with Gasteiger partial charge in [0.2, 0.25) is 0 Å². The lowest BCUT2D eigenvalue weighted by Gasteiger charge is -2.27. The summed E-state index contributed by atoms with van der Waals surface area (Å²) in [4.78, 5) is 15.0. The number of likely N-dealkylation sites (tertiary alicyclic amines) is 1. The number of carbonyl (C=O) groups is 1. The summed E-state index contributed by atoms with van der Waals surface area (Å²) < 4.78 is 15.3. The molecule has 1 amide bonds. The predicted octanol–water partition coefficient (Wildman–Crippen LogP) is 3.93. The Kier molecular flexibility index (Phi) is 6.00. The van der Waals surface area contributed by atoms with Crippen LogP contribution in [0.5, 0.6) is 0 Å². The van der Waals surface area contributed by atoms with Gasteiger partial charge in [0.1, 0.15) is 11.5 Å². The van der Waals surface area contributed by atoms with E-state index in [1.54, 1.807) is 30.5 Å². The van der Waals surface area contributed by atoms with E-state index in [0.717, 1.165) is 25.2 Å². The number of piperidine rings is 1. The Hall–Kier alpha value is -2.99. The molecule has 150 valence electrons. The summed E-state index contributed by atoms with van der Waals surface area (Å²) in [7, 11) is 0. The number of nitrogens with zero attached hydrogens (tertiary/aromatic N) is 3. The smallest absolute Gasteiger partial charge is 0.272 e. The summed E-state index contributed by atoms with van der Waals surface area (Å²) in [6.07, 6.45) is 5.42. The lowest BCUT2D eigenvalue weighted by molar-refractivity contribution is 0.0945. The predicted molar refractivity (Wildman–Crippen MR) is 110 cm³/mol. The zero-order chi connectivity index (χ0) is 20.1. The van der Waals surface area contributed by atoms with Crippen molar-refractivity contribution in [3.63, 3.8) is 0 Å². The van der Waals surface area contributed by atoms with Crippen molar-refractivity contribution in [3.8, 4) is 5.69 Å². The molecule has 6 heteroatoms. The molecule has 0 bridgehead atoms. The van der Waals surface area contributed by atoms with Crippen LogP contribution >= 0.6 is 0 Å². The average Bonchev–Trinajstić information content (AvgIpc) is 3.24. The van der Waals surface area contributed by atoms with E-state index in [-0.39, 0.29) is 17.4 Å². The molecule has 0 atom stereocenters. The van der Waals surface area contributed by atoms with Crippen molar-refractivity contribution in [2.75, 3.05) is 13.1 Å². The van der Waals surface area contributed by atoms with Crippen LogP contribution in [0.2, 0.25) is 0 Å². The van der Waals surface area contributed by atoms with Gasteiger partial charge in [-0.05, 0) is 55.3 Å². The molecule has 0 aliphatic carbocycles. The van der Waals surface area contributed by atoms with Gasteiger partial charge >= 0.3 is 0 Å². The highest BCUT2D eigenvalue weighted by atomic mass is 19.1. The normalized spacial score (nSPS) is 14.7. The van der Waals surface area contributed by atoms with Gasteiger partial charge in [-0.2, -0.15) is 5.10 Å². The molecule has 5 nitrogen and oxygen atoms in total. The first-order valence-electron chi connectivity index (χ1n) is 10.1. The van der Waals surface area contributed by atoms with E-state index >= 15 is 0 Å². The fraction of sp³-hybridized carbons (Fsp3) is 0.304. The molecule has 0 radical (unpaired) electrons. The van der Waals surface area contributed by atoms with Crippen molar-refractivity contribution in [1.29, 1.82) is 0 Å². The molecule has 1 aliphatic heterocycles. The minimum atomic E-state index is -0.380. The SMILES string of the molecule is O=C(NCc1ccccc1CN1CCCCC1)c1ccn(-c2ccccc2F)n1. The third-order valence-electron chi connectivity index (χ3n) is 5.32. The quantitative estimate of drug-likeness (QED) is 0.692. The monoisotopic (exact) mass is 392 g/mol. The Morgan fingerprint density at radius 3 is 2.48 bits per heavy atom. The minimum absolute atomic E-state index is 0.266. The molecule has 2 aromatic carbocycles. The van der Waals surface area contributed by atoms with Crippen molar-refractivity contribution in [1.82, 2.24) is 20.0 Å². The average molecular weight is 392 g/mol. The Labute approximate surface area is 170 Å². The van der Waals surface area contributed by atoms with Crippen molar-refractivity contribution in [3.05, 3.63) is 83.4 Å². The fourth-order valence-electron chi connectivity index (χ4n) is 3.73. The number of hydrogen-bond donors (Lipinski definition) is 1. The first kappa shape index (κ1) is 19.3. The topological polar surface area (TPSA) is 50.2 Å². The summed E-state index contributed by atoms with van der Waals surface area (Å²) >= 11 is 0. The largest absolute Gasteiger partial charge is 0.347 e. The molecule has 1 aliphatic rings. The van der Waals surface area contributed by atoms with Gasteiger partial charge in [0, 0.05) is 19.3 Å². The van der Waals surface area contributed by atoms with E-state index in [0.29, 0.717) is 12.2 Å². The number of rotatable bonds is 6. The Morgan fingerprint density at radius 2 is 1.69 bits per heavy atom. The maximum atomic E-state index is 13.9. The molecule has 4 rings (SSSR count). The molecule has 0 spiro atoms. The lowest BCUT2D eigenvalue weighted by atomic mass is 10.0. The first-order valence-corrected chi connectivity index (χ1v) is 10.1. The van der Waals surface area contributed by atoms with E-state index in [1.165, 1.54) is 35.6 Å². The number of halogens is 1. The van der Waals surface area contributed by atoms with Crippen LogP contribution in [0, 0.1) is 5.82 Å². The van der Waals surface area contributed by atoms with Crippen molar-refractivity contribution >= 4 is 5.91 Å². The van der Waals surface area contributed by atoms with E-state index in [1.807, 2.05) is 12.1 Å². The van der Waals surface area contributed by atoms with Crippen molar-refractivity contribution in [2.24, 2.45) is 0 Å². The minimum Gasteiger partial charge on any atom is -0.347 e. The van der Waals surface area contributed by atoms with Crippen molar-refractivity contribution < 1.29 is 9.18 Å². The van der Waals surface area contributed by atoms with Crippen LogP contribution in [0.1, 0.15) is 40.9 Å². The van der Waals surface area contributed by atoms with Crippen LogP contribution in [0.4, 0.5) is 4.39 Å². The highest BCUT2D eigenvalue weighted by Crippen LogP contribution is 2.16. The van der Waals surface area contributed by atoms with Crippen LogP contribution < -0.4 is 5.32 Å². The third kappa shape index (κ3) is 4.71. The van der Waals surface area contributed by atoms with Gasteiger partial charge in [-0.15, -0.1) is 0 Å². The molecule has 29 heavy (non-hydrogen) atoms. The van der Waals surface area contributed by atoms with E-state index in [2.05, 4.69) is 27.4 Å². The highest BCUT2D eigenvalue weighted by Gasteiger charge is 2.15. The van der Waals surface area contributed by atoms with Crippen molar-refractivity contribution in [2.45, 2.75) is 32.4 Å². The maximum absolute atomic E-state index is 13.9. The van der Waals surface area contributed by atoms with Gasteiger partial charge in [-0.25, -0.2) is 9.07 Å². The molecule has 1 N–H and O–H groups in total. The third-order valence-corrected chi connectivity index (χ3v) is 5.32. The molecule has 2 heterocycles. The van der Waals surface area contributed by atoms with Crippen LogP contribution in [-0.4, -0.2) is 33.7 Å². The van der Waals surface area contributed by atoms with E-state index in [4.69, 9.17) is 0 Å². The molecule has 1 saturated heterocycles. The molecule has 0 saturated carbocycles. The van der Waals surface area contributed by atoms with Gasteiger partial charge in [0.15, 0.2) is 5.69 Å². The number of nitrogens with one attached hydrogen (secondary N) is 1. The fourth-order valence-corrected chi connectivity index (χ4v) is 3.73. The maximum Gasteiger partial charge on any atom is 0.272 e. The molecular weight excluding hydrogens is 367 g/mol. The summed E-state index contributed by atoms with van der Waals surface area (Å²) in [5.41, 5.74) is 2.94. The number of para-hydroxylation sites is 1. The molecular formula is C23H25FN4O. The number of amides is 1. The van der Waals surface area contributed by atoms with Crippen LogP contribution in [0.15, 0.2) is 60.8 Å². The van der Waals surface area contributed by atoms with E-state index < -0.39 is 0 Å². The van der Waals surface area contributed by atoms with Gasteiger partial charge in [0.05, 0.1) is 0 Å². The molecule has 0 unspecified atom stereocenters. The van der Waals surface area contributed by atoms with Gasteiger partial charge in [-0.3, -0.25) is 9.69 Å². The lowest BCUT2D eigenvalue weighted by Crippen LogP contribution is -2.30. The summed E-state index contributed by atoms with van der Waals surface area (Å²) in [6, 6.07) is 16.2. The highest BCUT2D eigenvalue weighted by molar-refractivity contribution is 5.92. The molecule has 1 aromatic heterocycles. The van der Waals surface area contributed by atoms with Gasteiger partial charge < -0.3 is 5.32 Å². The standard InChI is InChI=1S/C23H25FN4O/c24-20-10-4-5-11-22(20)28-15-12-21(26-28)23(29)25-16-18-8-2-3-9-19(18)17-27-13-6-1-7-14-27/h2-5,8-12,15H,1,6-7,13-14,16-17H2,(H,25,29). The van der Waals surface area contributed by atoms with E-state index in [9.17, 15) is 9.18 Å². The second-order valence-electron chi connectivity index (χ2n) is 7.39. The second kappa shape index (κ2) is 9.01. The summed E-state index contributed by atoms with van der Waals surface area (Å²) in [5, 5.41) is 7.17. The van der Waals surface area contributed by atoms with Crippen LogP contribution in [0.25, 0.3) is 5.69 Å². The zero-order valence-electron chi connectivity index (χ0n) is 16.4. The molecule has 3 aromatic rings. The number of hydrogen-bond acceptors (Lipinski definition) is 3. The summed E-state index contributed by atoms with van der Waals surface area (Å²) in [5.74, 6) is -0.651. The summed E-state index contributed by atoms with van der Waals surface area (Å²) in [6.45, 7) is 3.62. The Bertz CT molecular complexity index is 978. The Morgan fingerprint density at radius 1 is 0.966 bits per heavy atom. The number of benzene rings is 2. The van der Waals surface area contributed by atoms with Crippen LogP contribution in [-0.2, 0) is 13.1 Å². The molecule has 1 fully saturated rings. The van der Waals surface area contributed by atoms with Gasteiger partial charge in [0.25, 0.3) is 5.91 Å². The van der Waals surface area contributed by atoms with Crippen LogP contribution in [0.3, 0.4) is 0 Å². The first-order chi connectivity index (χ1) is 14.2.